The van der Waals surface area contributed by atoms with E-state index in [0.717, 1.165) is 38.9 Å². The Balaban J connectivity index is 1.40. The predicted molar refractivity (Wildman–Crippen MR) is 80.7 cm³/mol. The largest absolute Gasteiger partial charge is 0.354 e. The first-order chi connectivity index (χ1) is 10.3. The molecule has 112 valence electrons. The molecule has 0 atom stereocenters. The number of hydrogen-bond donors (Lipinski definition) is 0. The van der Waals surface area contributed by atoms with E-state index in [2.05, 4.69) is 9.67 Å². The van der Waals surface area contributed by atoms with Gasteiger partial charge in [-0.1, -0.05) is 0 Å². The Bertz CT molecular complexity index is 539. The molecule has 0 unspecified atom stereocenters. The van der Waals surface area contributed by atoms with Crippen molar-refractivity contribution >= 4 is 5.91 Å². The third-order valence-electron chi connectivity index (χ3n) is 4.19. The van der Waals surface area contributed by atoms with Crippen LogP contribution in [0.2, 0.25) is 0 Å². The summed E-state index contributed by atoms with van der Waals surface area (Å²) in [5, 5.41) is 4.30. The molecular formula is C16H22N4O. The molecule has 0 spiro atoms. The van der Waals surface area contributed by atoms with Crippen molar-refractivity contribution < 1.29 is 4.79 Å². The van der Waals surface area contributed by atoms with Crippen molar-refractivity contribution in [1.82, 2.24) is 19.2 Å². The summed E-state index contributed by atoms with van der Waals surface area (Å²) in [5.41, 5.74) is 0. The topological polar surface area (TPSA) is 43.1 Å². The molecular weight excluding hydrogens is 264 g/mol. The van der Waals surface area contributed by atoms with Gasteiger partial charge < -0.3 is 9.47 Å². The van der Waals surface area contributed by atoms with Crippen LogP contribution in [-0.4, -0.2) is 38.2 Å². The highest BCUT2D eigenvalue weighted by molar-refractivity contribution is 5.76. The number of rotatable bonds is 5. The minimum atomic E-state index is 0.293. The van der Waals surface area contributed by atoms with Crippen molar-refractivity contribution in [2.45, 2.75) is 38.3 Å². The van der Waals surface area contributed by atoms with Crippen molar-refractivity contribution in [2.75, 3.05) is 13.1 Å². The van der Waals surface area contributed by atoms with Crippen LogP contribution in [0.3, 0.4) is 0 Å². The Labute approximate surface area is 125 Å². The van der Waals surface area contributed by atoms with Gasteiger partial charge in [0.1, 0.15) is 0 Å². The summed E-state index contributed by atoms with van der Waals surface area (Å²) >= 11 is 0. The lowest BCUT2D eigenvalue weighted by atomic mass is 10.0. The van der Waals surface area contributed by atoms with E-state index in [1.807, 2.05) is 52.6 Å². The number of carbonyl (C=O) groups is 1. The molecule has 0 aliphatic carbocycles. The van der Waals surface area contributed by atoms with Crippen molar-refractivity contribution in [1.29, 1.82) is 0 Å². The molecule has 2 aromatic heterocycles. The van der Waals surface area contributed by atoms with Gasteiger partial charge in [-0.05, 0) is 37.5 Å². The molecule has 3 heterocycles. The van der Waals surface area contributed by atoms with E-state index >= 15 is 0 Å². The van der Waals surface area contributed by atoms with E-state index in [0.29, 0.717) is 18.4 Å². The van der Waals surface area contributed by atoms with Crippen LogP contribution in [0.1, 0.15) is 31.7 Å². The second kappa shape index (κ2) is 6.61. The Morgan fingerprint density at radius 2 is 1.86 bits per heavy atom. The lowest BCUT2D eigenvalue weighted by molar-refractivity contribution is -0.132. The molecule has 0 aromatic carbocycles. The van der Waals surface area contributed by atoms with Crippen molar-refractivity contribution in [2.24, 2.45) is 0 Å². The minimum Gasteiger partial charge on any atom is -0.354 e. The Hall–Kier alpha value is -2.04. The number of piperidine rings is 1. The molecule has 1 fully saturated rings. The Morgan fingerprint density at radius 3 is 2.52 bits per heavy atom. The van der Waals surface area contributed by atoms with Gasteiger partial charge in [0.25, 0.3) is 0 Å². The zero-order valence-corrected chi connectivity index (χ0v) is 12.3. The van der Waals surface area contributed by atoms with Crippen LogP contribution >= 0.6 is 0 Å². The quantitative estimate of drug-likeness (QED) is 0.846. The first-order valence-electron chi connectivity index (χ1n) is 7.70. The van der Waals surface area contributed by atoms with Gasteiger partial charge in [-0.15, -0.1) is 0 Å². The van der Waals surface area contributed by atoms with E-state index in [1.54, 1.807) is 0 Å². The van der Waals surface area contributed by atoms with Gasteiger partial charge in [-0.25, -0.2) is 0 Å². The minimum absolute atomic E-state index is 0.293. The highest BCUT2D eigenvalue weighted by Gasteiger charge is 2.23. The van der Waals surface area contributed by atoms with E-state index < -0.39 is 0 Å². The van der Waals surface area contributed by atoms with Gasteiger partial charge in [0.2, 0.25) is 5.91 Å². The van der Waals surface area contributed by atoms with Gasteiger partial charge in [-0.3, -0.25) is 9.48 Å². The summed E-state index contributed by atoms with van der Waals surface area (Å²) in [5.74, 6) is 0.293. The number of amides is 1. The smallest absolute Gasteiger partial charge is 0.222 e. The van der Waals surface area contributed by atoms with Crippen LogP contribution in [0.4, 0.5) is 0 Å². The highest BCUT2D eigenvalue weighted by atomic mass is 16.2. The molecule has 2 aromatic rings. The van der Waals surface area contributed by atoms with Crippen molar-refractivity contribution in [3.05, 3.63) is 43.0 Å². The molecule has 0 N–H and O–H groups in total. The fourth-order valence-electron chi connectivity index (χ4n) is 2.97. The molecule has 1 aliphatic heterocycles. The van der Waals surface area contributed by atoms with Crippen LogP contribution in [0.5, 0.6) is 0 Å². The molecule has 0 radical (unpaired) electrons. The number of nitrogens with zero attached hydrogens (tertiary/aromatic N) is 4. The third-order valence-corrected chi connectivity index (χ3v) is 4.19. The van der Waals surface area contributed by atoms with E-state index in [-0.39, 0.29) is 0 Å². The monoisotopic (exact) mass is 286 g/mol. The number of aryl methyl sites for hydroxylation is 1. The van der Waals surface area contributed by atoms with Crippen LogP contribution in [0.25, 0.3) is 0 Å². The molecule has 21 heavy (non-hydrogen) atoms. The van der Waals surface area contributed by atoms with Crippen LogP contribution in [0, 0.1) is 0 Å². The predicted octanol–water partition coefficient (Wildman–Crippen LogP) is 2.33. The van der Waals surface area contributed by atoms with Crippen molar-refractivity contribution in [3.8, 4) is 0 Å². The maximum absolute atomic E-state index is 12.2. The first kappa shape index (κ1) is 13.9. The Kier molecular flexibility index (Phi) is 4.38. The molecule has 0 saturated carbocycles. The molecule has 3 rings (SSSR count). The fourth-order valence-corrected chi connectivity index (χ4v) is 2.97. The summed E-state index contributed by atoms with van der Waals surface area (Å²) in [6.07, 6.45) is 11.5. The highest BCUT2D eigenvalue weighted by Crippen LogP contribution is 2.22. The lowest BCUT2D eigenvalue weighted by Crippen LogP contribution is -2.39. The number of aromatic nitrogens is 3. The second-order valence-electron chi connectivity index (χ2n) is 5.62. The van der Waals surface area contributed by atoms with Crippen LogP contribution in [0.15, 0.2) is 43.0 Å². The van der Waals surface area contributed by atoms with Gasteiger partial charge in [0, 0.05) is 50.8 Å². The van der Waals surface area contributed by atoms with Gasteiger partial charge in [0.05, 0.1) is 6.04 Å². The van der Waals surface area contributed by atoms with Crippen molar-refractivity contribution in [3.63, 3.8) is 0 Å². The summed E-state index contributed by atoms with van der Waals surface area (Å²) < 4.78 is 4.14. The second-order valence-corrected chi connectivity index (χ2v) is 5.62. The molecule has 5 nitrogen and oxygen atoms in total. The third kappa shape index (κ3) is 3.54. The summed E-state index contributed by atoms with van der Waals surface area (Å²) in [6, 6.07) is 6.44. The van der Waals surface area contributed by atoms with Gasteiger partial charge in [0.15, 0.2) is 0 Å². The normalized spacial score (nSPS) is 16.3. The average Bonchev–Trinajstić information content (AvgIpc) is 3.21. The average molecular weight is 286 g/mol. The van der Waals surface area contributed by atoms with E-state index in [9.17, 15) is 4.79 Å². The zero-order valence-electron chi connectivity index (χ0n) is 12.3. The Morgan fingerprint density at radius 1 is 1.10 bits per heavy atom. The molecule has 1 amide bonds. The van der Waals surface area contributed by atoms with Gasteiger partial charge >= 0.3 is 0 Å². The van der Waals surface area contributed by atoms with Crippen LogP contribution in [-0.2, 0) is 11.3 Å². The van der Waals surface area contributed by atoms with E-state index in [1.165, 1.54) is 0 Å². The number of carbonyl (C=O) groups excluding carboxylic acids is 1. The maximum Gasteiger partial charge on any atom is 0.222 e. The zero-order chi connectivity index (χ0) is 14.5. The molecule has 5 heteroatoms. The summed E-state index contributed by atoms with van der Waals surface area (Å²) in [7, 11) is 0. The first-order valence-corrected chi connectivity index (χ1v) is 7.70. The van der Waals surface area contributed by atoms with Gasteiger partial charge in [-0.2, -0.15) is 5.10 Å². The molecule has 1 saturated heterocycles. The summed E-state index contributed by atoms with van der Waals surface area (Å²) in [6.45, 7) is 2.63. The SMILES string of the molecule is O=C(CCCn1cccc1)N1CCC(n2cccn2)CC1. The lowest BCUT2D eigenvalue weighted by Gasteiger charge is -2.32. The summed E-state index contributed by atoms with van der Waals surface area (Å²) in [4.78, 5) is 14.2. The van der Waals surface area contributed by atoms with E-state index in [4.69, 9.17) is 0 Å². The number of likely N-dealkylation sites (tertiary alicyclic amines) is 1. The van der Waals surface area contributed by atoms with Crippen LogP contribution < -0.4 is 0 Å². The molecule has 1 aliphatic rings. The molecule has 0 bridgehead atoms. The fraction of sp³-hybridized carbons (Fsp3) is 0.500. The maximum atomic E-state index is 12.2. The standard InChI is InChI=1S/C16H22N4O/c21-16(5-3-11-18-9-1-2-10-18)19-13-6-15(7-14-19)20-12-4-8-17-20/h1-2,4,8-10,12,15H,3,5-7,11,13-14H2. The number of hydrogen-bond acceptors (Lipinski definition) is 2.